The van der Waals surface area contributed by atoms with Crippen LogP contribution in [0.15, 0.2) is 18.2 Å². The van der Waals surface area contributed by atoms with Gasteiger partial charge in [-0.05, 0) is 31.4 Å². The van der Waals surface area contributed by atoms with Crippen LogP contribution in [0, 0.1) is 0 Å². The molecule has 1 aromatic rings. The lowest BCUT2D eigenvalue weighted by Crippen LogP contribution is -2.27. The van der Waals surface area contributed by atoms with Crippen LogP contribution in [0.4, 0.5) is 0 Å². The lowest BCUT2D eigenvalue weighted by Gasteiger charge is -2.25. The monoisotopic (exact) mass is 293 g/mol. The lowest BCUT2D eigenvalue weighted by molar-refractivity contribution is 0.0251. The molecule has 1 fully saturated rings. The first kappa shape index (κ1) is 16.1. The lowest BCUT2D eigenvalue weighted by atomic mass is 10.1. The summed E-state index contributed by atoms with van der Waals surface area (Å²) in [4.78, 5) is 0. The van der Waals surface area contributed by atoms with Gasteiger partial charge < -0.3 is 19.9 Å². The quantitative estimate of drug-likeness (QED) is 0.840. The second kappa shape index (κ2) is 8.25. The molecule has 1 unspecified atom stereocenters. The zero-order chi connectivity index (χ0) is 15.1. The highest BCUT2D eigenvalue weighted by atomic mass is 16.5. The van der Waals surface area contributed by atoms with Crippen molar-refractivity contribution >= 4 is 0 Å². The van der Waals surface area contributed by atoms with E-state index in [0.717, 1.165) is 62.6 Å². The second-order valence-corrected chi connectivity index (χ2v) is 5.73. The predicted octanol–water partition coefficient (Wildman–Crippen LogP) is 2.92. The molecule has 1 aromatic carbocycles. The van der Waals surface area contributed by atoms with Gasteiger partial charge in [0.25, 0.3) is 0 Å². The van der Waals surface area contributed by atoms with Crippen LogP contribution in [0.5, 0.6) is 11.5 Å². The minimum absolute atomic E-state index is 0.115. The van der Waals surface area contributed by atoms with Crippen molar-refractivity contribution in [3.8, 4) is 11.5 Å². The predicted molar refractivity (Wildman–Crippen MR) is 84.1 cm³/mol. The molecule has 1 heterocycles. The van der Waals surface area contributed by atoms with Crippen molar-refractivity contribution < 1.29 is 14.2 Å². The summed E-state index contributed by atoms with van der Waals surface area (Å²) in [7, 11) is 0. The van der Waals surface area contributed by atoms with Crippen molar-refractivity contribution in [2.24, 2.45) is 5.73 Å². The van der Waals surface area contributed by atoms with Gasteiger partial charge in [0.2, 0.25) is 0 Å². The summed E-state index contributed by atoms with van der Waals surface area (Å²) in [6.07, 6.45) is 3.92. The maximum Gasteiger partial charge on any atom is 0.126 e. The minimum atomic E-state index is 0.115. The summed E-state index contributed by atoms with van der Waals surface area (Å²) in [6.45, 7) is 6.39. The van der Waals surface area contributed by atoms with Gasteiger partial charge in [0.05, 0.1) is 19.8 Å². The van der Waals surface area contributed by atoms with E-state index in [4.69, 9.17) is 19.9 Å². The van der Waals surface area contributed by atoms with E-state index in [1.807, 2.05) is 19.1 Å². The summed E-state index contributed by atoms with van der Waals surface area (Å²) in [5, 5.41) is 0. The molecule has 4 heteroatoms. The molecule has 0 aromatic heterocycles. The normalized spacial score (nSPS) is 17.5. The molecule has 2 N–H and O–H groups in total. The van der Waals surface area contributed by atoms with Crippen molar-refractivity contribution in [2.45, 2.75) is 51.7 Å². The largest absolute Gasteiger partial charge is 0.493 e. The van der Waals surface area contributed by atoms with Crippen LogP contribution in [0.1, 0.15) is 38.7 Å². The van der Waals surface area contributed by atoms with Crippen LogP contribution in [0.3, 0.4) is 0 Å². The molecule has 0 saturated carbocycles. The van der Waals surface area contributed by atoms with E-state index < -0.39 is 0 Å². The summed E-state index contributed by atoms with van der Waals surface area (Å²) < 4.78 is 17.3. The molecule has 1 atom stereocenters. The van der Waals surface area contributed by atoms with E-state index in [2.05, 4.69) is 13.0 Å². The Balaban J connectivity index is 2.11. The van der Waals surface area contributed by atoms with Crippen molar-refractivity contribution in [1.82, 2.24) is 0 Å². The molecule has 0 radical (unpaired) electrons. The van der Waals surface area contributed by atoms with Crippen molar-refractivity contribution in [2.75, 3.05) is 19.8 Å². The molecule has 1 saturated heterocycles. The maximum absolute atomic E-state index is 6.19. The topological polar surface area (TPSA) is 53.7 Å². The van der Waals surface area contributed by atoms with Gasteiger partial charge >= 0.3 is 0 Å². The van der Waals surface area contributed by atoms with Gasteiger partial charge in [-0.3, -0.25) is 0 Å². The summed E-state index contributed by atoms with van der Waals surface area (Å²) in [5.41, 5.74) is 7.09. The third-order valence-electron chi connectivity index (χ3n) is 3.52. The molecule has 1 aliphatic heterocycles. The van der Waals surface area contributed by atoms with Gasteiger partial charge in [0.15, 0.2) is 0 Å². The Morgan fingerprint density at radius 3 is 2.76 bits per heavy atom. The smallest absolute Gasteiger partial charge is 0.126 e. The van der Waals surface area contributed by atoms with Crippen molar-refractivity contribution in [3.05, 3.63) is 23.8 Å². The van der Waals surface area contributed by atoms with E-state index in [9.17, 15) is 0 Å². The fraction of sp³-hybridized carbons (Fsp3) is 0.647. The standard InChI is InChI=1S/C17H27NO3/c1-3-8-20-16-5-4-14(11-13(2)18)17(12-16)21-15-6-9-19-10-7-15/h4-5,12-13,15H,3,6-11,18H2,1-2H3. The second-order valence-electron chi connectivity index (χ2n) is 5.73. The van der Waals surface area contributed by atoms with Gasteiger partial charge in [-0.1, -0.05) is 13.0 Å². The van der Waals surface area contributed by atoms with E-state index in [-0.39, 0.29) is 12.1 Å². The minimum Gasteiger partial charge on any atom is -0.493 e. The van der Waals surface area contributed by atoms with Gasteiger partial charge in [-0.15, -0.1) is 0 Å². The third-order valence-corrected chi connectivity index (χ3v) is 3.52. The molecule has 118 valence electrons. The molecule has 2 rings (SSSR count). The molecule has 0 aliphatic carbocycles. The Bertz CT molecular complexity index is 428. The summed E-state index contributed by atoms with van der Waals surface area (Å²) in [6, 6.07) is 6.19. The van der Waals surface area contributed by atoms with Crippen molar-refractivity contribution in [1.29, 1.82) is 0 Å². The van der Waals surface area contributed by atoms with Crippen LogP contribution in [-0.2, 0) is 11.2 Å². The zero-order valence-corrected chi connectivity index (χ0v) is 13.1. The molecule has 0 amide bonds. The van der Waals surface area contributed by atoms with Gasteiger partial charge in [0.1, 0.15) is 17.6 Å². The number of benzene rings is 1. The maximum atomic E-state index is 6.19. The first-order chi connectivity index (χ1) is 10.2. The Morgan fingerprint density at radius 2 is 2.10 bits per heavy atom. The first-order valence-electron chi connectivity index (χ1n) is 7.94. The Morgan fingerprint density at radius 1 is 1.33 bits per heavy atom. The van der Waals surface area contributed by atoms with E-state index in [1.54, 1.807) is 0 Å². The van der Waals surface area contributed by atoms with Gasteiger partial charge in [0, 0.05) is 24.9 Å². The molecule has 1 aliphatic rings. The van der Waals surface area contributed by atoms with Crippen LogP contribution >= 0.6 is 0 Å². The SMILES string of the molecule is CCCOc1ccc(CC(C)N)c(OC2CCOCC2)c1. The fourth-order valence-corrected chi connectivity index (χ4v) is 2.44. The molecule has 21 heavy (non-hydrogen) atoms. The Hall–Kier alpha value is -1.26. The average Bonchev–Trinajstić information content (AvgIpc) is 2.48. The number of hydrogen-bond acceptors (Lipinski definition) is 4. The van der Waals surface area contributed by atoms with E-state index in [1.165, 1.54) is 0 Å². The first-order valence-corrected chi connectivity index (χ1v) is 7.94. The van der Waals surface area contributed by atoms with Crippen LogP contribution in [-0.4, -0.2) is 32.0 Å². The molecule has 4 nitrogen and oxygen atoms in total. The van der Waals surface area contributed by atoms with Crippen molar-refractivity contribution in [3.63, 3.8) is 0 Å². The highest BCUT2D eigenvalue weighted by Gasteiger charge is 2.18. The fourth-order valence-electron chi connectivity index (χ4n) is 2.44. The number of hydrogen-bond donors (Lipinski definition) is 1. The Labute approximate surface area is 127 Å². The Kier molecular flexibility index (Phi) is 6.33. The molecular weight excluding hydrogens is 266 g/mol. The number of nitrogens with two attached hydrogens (primary N) is 1. The zero-order valence-electron chi connectivity index (χ0n) is 13.1. The average molecular weight is 293 g/mol. The number of rotatable bonds is 7. The summed E-state index contributed by atoms with van der Waals surface area (Å²) in [5.74, 6) is 1.78. The van der Waals surface area contributed by atoms with E-state index in [0.29, 0.717) is 0 Å². The van der Waals surface area contributed by atoms with Gasteiger partial charge in [-0.25, -0.2) is 0 Å². The van der Waals surface area contributed by atoms with Crippen LogP contribution in [0.25, 0.3) is 0 Å². The van der Waals surface area contributed by atoms with E-state index >= 15 is 0 Å². The van der Waals surface area contributed by atoms with Gasteiger partial charge in [-0.2, -0.15) is 0 Å². The molecular formula is C17H27NO3. The summed E-state index contributed by atoms with van der Waals surface area (Å²) >= 11 is 0. The third kappa shape index (κ3) is 5.21. The highest BCUT2D eigenvalue weighted by Crippen LogP contribution is 2.28. The number of ether oxygens (including phenoxy) is 3. The molecule has 0 spiro atoms. The highest BCUT2D eigenvalue weighted by molar-refractivity contribution is 5.41. The van der Waals surface area contributed by atoms with Crippen LogP contribution < -0.4 is 15.2 Å². The molecule has 0 bridgehead atoms. The van der Waals surface area contributed by atoms with Crippen LogP contribution in [0.2, 0.25) is 0 Å².